The number of aliphatic imine (C=N–C) groups is 1. The summed E-state index contributed by atoms with van der Waals surface area (Å²) in [4.78, 5) is 28.8. The molecule has 0 radical (unpaired) electrons. The van der Waals surface area contributed by atoms with Crippen molar-refractivity contribution >= 4 is 17.8 Å². The SMILES string of the molecule is CCOC(=O)C(CCCC(=O)O)N1CCCN=C1C. The van der Waals surface area contributed by atoms with Crippen LogP contribution in [0.3, 0.4) is 0 Å². The number of nitrogens with zero attached hydrogens (tertiary/aromatic N) is 2. The van der Waals surface area contributed by atoms with E-state index in [-0.39, 0.29) is 12.4 Å². The summed E-state index contributed by atoms with van der Waals surface area (Å²) in [5, 5.41) is 8.68. The highest BCUT2D eigenvalue weighted by Gasteiger charge is 2.28. The summed E-state index contributed by atoms with van der Waals surface area (Å²) in [5.74, 6) is -0.296. The van der Waals surface area contributed by atoms with E-state index in [9.17, 15) is 9.59 Å². The van der Waals surface area contributed by atoms with Gasteiger partial charge in [-0.15, -0.1) is 0 Å². The van der Waals surface area contributed by atoms with Crippen LogP contribution in [0, 0.1) is 0 Å². The van der Waals surface area contributed by atoms with Gasteiger partial charge in [0.15, 0.2) is 0 Å². The van der Waals surface area contributed by atoms with E-state index in [1.165, 1.54) is 0 Å². The summed E-state index contributed by atoms with van der Waals surface area (Å²) in [6.07, 6.45) is 1.92. The molecule has 1 heterocycles. The van der Waals surface area contributed by atoms with Crippen LogP contribution in [0.2, 0.25) is 0 Å². The molecule has 0 aromatic heterocycles. The van der Waals surface area contributed by atoms with Gasteiger partial charge in [0.25, 0.3) is 0 Å². The highest BCUT2D eigenvalue weighted by molar-refractivity contribution is 5.86. The number of aliphatic carboxylic acids is 1. The molecule has 19 heavy (non-hydrogen) atoms. The van der Waals surface area contributed by atoms with Crippen LogP contribution in [0.4, 0.5) is 0 Å². The van der Waals surface area contributed by atoms with E-state index in [0.717, 1.165) is 25.3 Å². The van der Waals surface area contributed by atoms with Crippen LogP contribution in [0.5, 0.6) is 0 Å². The van der Waals surface area contributed by atoms with Crippen LogP contribution in [0.15, 0.2) is 4.99 Å². The second-order valence-corrected chi connectivity index (χ2v) is 4.53. The maximum atomic E-state index is 12.0. The summed E-state index contributed by atoms with van der Waals surface area (Å²) in [5.41, 5.74) is 0. The number of hydrogen-bond acceptors (Lipinski definition) is 5. The first-order chi connectivity index (χ1) is 9.06. The zero-order valence-electron chi connectivity index (χ0n) is 11.6. The smallest absolute Gasteiger partial charge is 0.328 e. The summed E-state index contributed by atoms with van der Waals surface area (Å²) in [6, 6.07) is -0.414. The molecule has 0 aliphatic carbocycles. The van der Waals surface area contributed by atoms with E-state index in [1.54, 1.807) is 6.92 Å². The largest absolute Gasteiger partial charge is 0.481 e. The molecule has 1 N–H and O–H groups in total. The molecule has 0 aromatic rings. The second-order valence-electron chi connectivity index (χ2n) is 4.53. The fourth-order valence-electron chi connectivity index (χ4n) is 2.20. The van der Waals surface area contributed by atoms with Gasteiger partial charge in [-0.05, 0) is 33.1 Å². The fourth-order valence-corrected chi connectivity index (χ4v) is 2.20. The van der Waals surface area contributed by atoms with Crippen LogP contribution in [0.25, 0.3) is 0 Å². The van der Waals surface area contributed by atoms with Gasteiger partial charge < -0.3 is 14.7 Å². The van der Waals surface area contributed by atoms with E-state index in [1.807, 2.05) is 11.8 Å². The molecular weight excluding hydrogens is 248 g/mol. The van der Waals surface area contributed by atoms with Gasteiger partial charge in [-0.25, -0.2) is 4.79 Å². The first-order valence-corrected chi connectivity index (χ1v) is 6.72. The van der Waals surface area contributed by atoms with E-state index in [2.05, 4.69) is 4.99 Å². The number of carbonyl (C=O) groups is 2. The molecule has 1 aliphatic heterocycles. The number of ether oxygens (including phenoxy) is 1. The summed E-state index contributed by atoms with van der Waals surface area (Å²) < 4.78 is 5.08. The third-order valence-electron chi connectivity index (χ3n) is 3.12. The van der Waals surface area contributed by atoms with E-state index < -0.39 is 12.0 Å². The van der Waals surface area contributed by atoms with Crippen molar-refractivity contribution in [2.75, 3.05) is 19.7 Å². The highest BCUT2D eigenvalue weighted by Crippen LogP contribution is 2.15. The van der Waals surface area contributed by atoms with Gasteiger partial charge in [-0.3, -0.25) is 9.79 Å². The zero-order valence-corrected chi connectivity index (χ0v) is 11.6. The van der Waals surface area contributed by atoms with Gasteiger partial charge in [0, 0.05) is 19.5 Å². The Morgan fingerprint density at radius 2 is 2.26 bits per heavy atom. The van der Waals surface area contributed by atoms with E-state index in [0.29, 0.717) is 19.4 Å². The number of carbonyl (C=O) groups excluding carboxylic acids is 1. The zero-order chi connectivity index (χ0) is 14.3. The van der Waals surface area contributed by atoms with E-state index >= 15 is 0 Å². The molecule has 0 spiro atoms. The maximum absolute atomic E-state index is 12.0. The van der Waals surface area contributed by atoms with Crippen molar-refractivity contribution in [2.24, 2.45) is 4.99 Å². The Hall–Kier alpha value is -1.59. The molecule has 0 fully saturated rings. The van der Waals surface area contributed by atoms with Crippen molar-refractivity contribution in [3.8, 4) is 0 Å². The van der Waals surface area contributed by atoms with Gasteiger partial charge in [-0.1, -0.05) is 0 Å². The number of rotatable bonds is 7. The fraction of sp³-hybridized carbons (Fsp3) is 0.769. The van der Waals surface area contributed by atoms with E-state index in [4.69, 9.17) is 9.84 Å². The Kier molecular flexibility index (Phi) is 6.32. The van der Waals surface area contributed by atoms with Crippen molar-refractivity contribution in [1.29, 1.82) is 0 Å². The average Bonchev–Trinajstić information content (AvgIpc) is 2.36. The molecule has 0 saturated heterocycles. The predicted molar refractivity (Wildman–Crippen MR) is 71.2 cm³/mol. The monoisotopic (exact) mass is 270 g/mol. The quantitative estimate of drug-likeness (QED) is 0.705. The number of hydrogen-bond donors (Lipinski definition) is 1. The molecule has 108 valence electrons. The van der Waals surface area contributed by atoms with Crippen molar-refractivity contribution in [3.63, 3.8) is 0 Å². The third kappa shape index (κ3) is 4.89. The average molecular weight is 270 g/mol. The minimum absolute atomic E-state index is 0.0694. The first-order valence-electron chi connectivity index (χ1n) is 6.72. The molecular formula is C13H22N2O4. The Bertz CT molecular complexity index is 355. The summed E-state index contributed by atoms with van der Waals surface area (Å²) in [6.45, 7) is 5.53. The van der Waals surface area contributed by atoms with Crippen LogP contribution in [0.1, 0.15) is 39.5 Å². The van der Waals surface area contributed by atoms with Crippen molar-refractivity contribution < 1.29 is 19.4 Å². The van der Waals surface area contributed by atoms with Crippen LogP contribution in [-0.4, -0.2) is 53.5 Å². The van der Waals surface area contributed by atoms with Crippen LogP contribution < -0.4 is 0 Å². The maximum Gasteiger partial charge on any atom is 0.328 e. The number of amidine groups is 1. The lowest BCUT2D eigenvalue weighted by Gasteiger charge is -2.34. The molecule has 1 atom stereocenters. The summed E-state index contributed by atoms with van der Waals surface area (Å²) in [7, 11) is 0. The van der Waals surface area contributed by atoms with Gasteiger partial charge in [0.1, 0.15) is 6.04 Å². The topological polar surface area (TPSA) is 79.2 Å². The first kappa shape index (κ1) is 15.5. The highest BCUT2D eigenvalue weighted by atomic mass is 16.5. The van der Waals surface area contributed by atoms with Crippen LogP contribution >= 0.6 is 0 Å². The van der Waals surface area contributed by atoms with Gasteiger partial charge >= 0.3 is 11.9 Å². The van der Waals surface area contributed by atoms with Crippen molar-refractivity contribution in [3.05, 3.63) is 0 Å². The number of esters is 1. The third-order valence-corrected chi connectivity index (χ3v) is 3.12. The van der Waals surface area contributed by atoms with Crippen molar-refractivity contribution in [2.45, 2.75) is 45.6 Å². The molecule has 6 nitrogen and oxygen atoms in total. The molecule has 0 bridgehead atoms. The lowest BCUT2D eigenvalue weighted by atomic mass is 10.1. The second kappa shape index (κ2) is 7.76. The molecule has 0 saturated carbocycles. The lowest BCUT2D eigenvalue weighted by Crippen LogP contribution is -2.47. The minimum Gasteiger partial charge on any atom is -0.481 e. The Balaban J connectivity index is 2.67. The van der Waals surface area contributed by atoms with Gasteiger partial charge in [-0.2, -0.15) is 0 Å². The van der Waals surface area contributed by atoms with Crippen molar-refractivity contribution in [1.82, 2.24) is 4.90 Å². The Labute approximate surface area is 113 Å². The molecule has 1 aliphatic rings. The van der Waals surface area contributed by atoms with Gasteiger partial charge in [0.2, 0.25) is 0 Å². The molecule has 1 rings (SSSR count). The minimum atomic E-state index is -0.841. The summed E-state index contributed by atoms with van der Waals surface area (Å²) >= 11 is 0. The Morgan fingerprint density at radius 3 is 2.84 bits per heavy atom. The molecule has 0 amide bonds. The molecule has 0 aromatic carbocycles. The van der Waals surface area contributed by atoms with Crippen LogP contribution in [-0.2, 0) is 14.3 Å². The standard InChI is InChI=1S/C13H22N2O4/c1-3-19-13(18)11(6-4-7-12(16)17)15-9-5-8-14-10(15)2/h11H,3-9H2,1-2H3,(H,16,17). The predicted octanol–water partition coefficient (Wildman–Crippen LogP) is 1.30. The normalized spacial score (nSPS) is 16.7. The molecule has 1 unspecified atom stereocenters. The molecule has 6 heteroatoms. The lowest BCUT2D eigenvalue weighted by molar-refractivity contribution is -0.149. The number of carboxylic acids is 1. The van der Waals surface area contributed by atoms with Gasteiger partial charge in [0.05, 0.1) is 12.4 Å². The Morgan fingerprint density at radius 1 is 1.53 bits per heavy atom. The number of carboxylic acid groups (broad SMARTS) is 1.